The summed E-state index contributed by atoms with van der Waals surface area (Å²) in [4.78, 5) is 2.51. The molecule has 0 spiro atoms. The Morgan fingerprint density at radius 3 is 2.73 bits per heavy atom. The highest BCUT2D eigenvalue weighted by molar-refractivity contribution is 8.00. The summed E-state index contributed by atoms with van der Waals surface area (Å²) < 4.78 is 0. The predicted molar refractivity (Wildman–Crippen MR) is 154 cm³/mol. The average Bonchev–Trinajstić information content (AvgIpc) is 2.88. The van der Waals surface area contributed by atoms with E-state index in [0.717, 1.165) is 30.8 Å². The molecule has 1 fully saturated rings. The molecule has 0 saturated carbocycles. The van der Waals surface area contributed by atoms with Crippen molar-refractivity contribution in [1.82, 2.24) is 4.90 Å². The van der Waals surface area contributed by atoms with Gasteiger partial charge in [-0.25, -0.2) is 0 Å². The molecule has 3 aliphatic carbocycles. The minimum Gasteiger partial charge on any atom is -0.512 e. The van der Waals surface area contributed by atoms with Crippen molar-refractivity contribution in [3.05, 3.63) is 70.2 Å². The van der Waals surface area contributed by atoms with E-state index < -0.39 is 6.10 Å². The molecule has 4 rings (SSSR count). The Labute approximate surface area is 230 Å². The summed E-state index contributed by atoms with van der Waals surface area (Å²) in [6, 6.07) is 2.47. The molecule has 0 aromatic heterocycles. The molecule has 4 unspecified atom stereocenters. The van der Waals surface area contributed by atoms with E-state index in [9.17, 15) is 15.5 Å². The van der Waals surface area contributed by atoms with Crippen molar-refractivity contribution in [1.29, 1.82) is 10.7 Å². The number of hydrogen-bond acceptors (Lipinski definition) is 6. The molecule has 3 N–H and O–H groups in total. The molecule has 1 saturated heterocycles. The second-order valence-electron chi connectivity index (χ2n) is 10.8. The lowest BCUT2D eigenvalue weighted by atomic mass is 9.80. The summed E-state index contributed by atoms with van der Waals surface area (Å²) in [6.07, 6.45) is 19.2. The Kier molecular flexibility index (Phi) is 9.45. The van der Waals surface area contributed by atoms with E-state index in [1.807, 2.05) is 36.1 Å². The Bertz CT molecular complexity index is 1100. The van der Waals surface area contributed by atoms with Crippen molar-refractivity contribution in [2.45, 2.75) is 63.3 Å². The van der Waals surface area contributed by atoms with E-state index >= 15 is 0 Å². The zero-order valence-electron chi connectivity index (χ0n) is 21.7. The number of nitrogens with zero attached hydrogens (tertiary/aromatic N) is 2. The second-order valence-corrected chi connectivity index (χ2v) is 12.5. The SMILES string of the molecule is CC(CC(C#N)C=N)C1=CC=C(N2CC(SCC(O)[C@@H]3C=CC(Cl)=CC3)[C@H]2C2=CC=C(O)C[C@@H]2C)CC1. The van der Waals surface area contributed by atoms with E-state index in [2.05, 4.69) is 43.0 Å². The van der Waals surface area contributed by atoms with Crippen LogP contribution in [0.4, 0.5) is 0 Å². The van der Waals surface area contributed by atoms with Gasteiger partial charge >= 0.3 is 0 Å². The number of likely N-dealkylation sites (tertiary alicyclic amines) is 1. The molecule has 0 radical (unpaired) electrons. The number of hydrogen-bond donors (Lipinski definition) is 3. The van der Waals surface area contributed by atoms with Gasteiger partial charge in [0.05, 0.1) is 29.9 Å². The molecule has 0 aromatic carbocycles. The highest BCUT2D eigenvalue weighted by atomic mass is 35.5. The van der Waals surface area contributed by atoms with Gasteiger partial charge in [0.1, 0.15) is 0 Å². The molecule has 0 aromatic rings. The number of allylic oxidation sites excluding steroid dienone is 10. The summed E-state index contributed by atoms with van der Waals surface area (Å²) in [5.41, 5.74) is 4.05. The Morgan fingerprint density at radius 2 is 2.11 bits per heavy atom. The number of aliphatic hydroxyl groups excluding tert-OH is 2. The van der Waals surface area contributed by atoms with E-state index in [4.69, 9.17) is 17.0 Å². The fraction of sp³-hybridized carbons (Fsp3) is 0.533. The summed E-state index contributed by atoms with van der Waals surface area (Å²) in [6.45, 7) is 5.29. The Morgan fingerprint density at radius 1 is 1.30 bits per heavy atom. The Balaban J connectivity index is 1.45. The summed E-state index contributed by atoms with van der Waals surface area (Å²) in [5.74, 6) is 1.48. The van der Waals surface area contributed by atoms with E-state index in [0.29, 0.717) is 29.6 Å². The molecular formula is C30H38ClN3O2S. The number of rotatable bonds is 10. The van der Waals surface area contributed by atoms with Gasteiger partial charge in [0.2, 0.25) is 0 Å². The maximum absolute atomic E-state index is 10.8. The average molecular weight is 540 g/mol. The third-order valence-electron chi connectivity index (χ3n) is 8.16. The standard InChI is InChI=1S/C30H38ClN3O2S/c1-19(13-21(15-32)16-33)22-5-9-25(10-6-22)34-17-29(30(34)27-12-11-26(35)14-20(27)2)37-18-28(36)23-3-7-24(31)8-4-23/h3,5,7-9,11-12,15,19-21,23,28-30,32,35-36H,4,6,10,13-14,17-18H2,1-2H3/t19?,20-,21?,23+,28?,29?,30+/m0/s1. The van der Waals surface area contributed by atoms with Gasteiger partial charge in [0.15, 0.2) is 0 Å². The Hall–Kier alpha value is -2.20. The summed E-state index contributed by atoms with van der Waals surface area (Å²) in [7, 11) is 0. The minimum absolute atomic E-state index is 0.109. The van der Waals surface area contributed by atoms with Gasteiger partial charge in [-0.15, -0.1) is 0 Å². The first kappa shape index (κ1) is 27.8. The predicted octanol–water partition coefficient (Wildman–Crippen LogP) is 6.66. The number of nitrogens with one attached hydrogen (secondary N) is 1. The molecule has 198 valence electrons. The van der Waals surface area contributed by atoms with Crippen molar-refractivity contribution in [3.63, 3.8) is 0 Å². The van der Waals surface area contributed by atoms with Crippen LogP contribution in [0.25, 0.3) is 0 Å². The van der Waals surface area contributed by atoms with E-state index in [1.54, 1.807) is 0 Å². The number of thioether (sulfide) groups is 1. The van der Waals surface area contributed by atoms with Gasteiger partial charge in [0.25, 0.3) is 0 Å². The van der Waals surface area contributed by atoms with Crippen LogP contribution >= 0.6 is 23.4 Å². The van der Waals surface area contributed by atoms with Gasteiger partial charge in [-0.1, -0.05) is 55.3 Å². The van der Waals surface area contributed by atoms with Crippen LogP contribution in [0, 0.1) is 40.4 Å². The van der Waals surface area contributed by atoms with Gasteiger partial charge in [-0.2, -0.15) is 17.0 Å². The molecule has 1 aliphatic heterocycles. The zero-order chi connectivity index (χ0) is 26.5. The first-order chi connectivity index (χ1) is 17.8. The number of halogens is 1. The molecule has 5 nitrogen and oxygen atoms in total. The van der Waals surface area contributed by atoms with Crippen molar-refractivity contribution >= 4 is 29.6 Å². The first-order valence-electron chi connectivity index (χ1n) is 13.3. The van der Waals surface area contributed by atoms with Crippen molar-refractivity contribution < 1.29 is 10.2 Å². The first-order valence-corrected chi connectivity index (χ1v) is 14.7. The second kappa shape index (κ2) is 12.6. The quantitative estimate of drug-likeness (QED) is 0.270. The number of nitriles is 1. The van der Waals surface area contributed by atoms with E-state index in [-0.39, 0.29) is 29.7 Å². The van der Waals surface area contributed by atoms with Gasteiger partial charge in [0, 0.05) is 46.8 Å². The van der Waals surface area contributed by atoms with Crippen LogP contribution in [0.5, 0.6) is 0 Å². The van der Waals surface area contributed by atoms with Crippen LogP contribution in [0.1, 0.15) is 46.0 Å². The van der Waals surface area contributed by atoms with E-state index in [1.165, 1.54) is 23.1 Å². The topological polar surface area (TPSA) is 91.3 Å². The molecule has 7 heteroatoms. The molecule has 1 heterocycles. The zero-order valence-corrected chi connectivity index (χ0v) is 23.3. The highest BCUT2D eigenvalue weighted by Gasteiger charge is 2.44. The lowest BCUT2D eigenvalue weighted by molar-refractivity contribution is 0.146. The van der Waals surface area contributed by atoms with Crippen LogP contribution in [-0.4, -0.2) is 51.0 Å². The fourth-order valence-electron chi connectivity index (χ4n) is 5.78. The molecule has 0 amide bonds. The third kappa shape index (κ3) is 6.63. The maximum atomic E-state index is 10.8. The van der Waals surface area contributed by atoms with Crippen LogP contribution in [0.2, 0.25) is 0 Å². The lowest BCUT2D eigenvalue weighted by Gasteiger charge is -2.53. The molecule has 0 bridgehead atoms. The van der Waals surface area contributed by atoms with Crippen molar-refractivity contribution in [3.8, 4) is 6.07 Å². The molecule has 37 heavy (non-hydrogen) atoms. The molecule has 7 atom stereocenters. The number of aliphatic hydroxyl groups is 2. The smallest absolute Gasteiger partial charge is 0.0928 e. The maximum Gasteiger partial charge on any atom is 0.0928 e. The third-order valence-corrected chi connectivity index (χ3v) is 9.81. The minimum atomic E-state index is -0.405. The van der Waals surface area contributed by atoms with Crippen LogP contribution in [-0.2, 0) is 0 Å². The summed E-state index contributed by atoms with van der Waals surface area (Å²) >= 11 is 7.91. The monoisotopic (exact) mass is 539 g/mol. The van der Waals surface area contributed by atoms with Crippen LogP contribution in [0.3, 0.4) is 0 Å². The largest absolute Gasteiger partial charge is 0.512 e. The van der Waals surface area contributed by atoms with Crippen LogP contribution in [0.15, 0.2) is 70.2 Å². The molecular weight excluding hydrogens is 502 g/mol. The lowest BCUT2D eigenvalue weighted by Crippen LogP contribution is -2.59. The molecule has 4 aliphatic rings. The van der Waals surface area contributed by atoms with Crippen LogP contribution < -0.4 is 0 Å². The fourth-order valence-corrected chi connectivity index (χ4v) is 7.38. The van der Waals surface area contributed by atoms with Crippen molar-refractivity contribution in [2.24, 2.45) is 23.7 Å². The summed E-state index contributed by atoms with van der Waals surface area (Å²) in [5, 5.41) is 38.7. The van der Waals surface area contributed by atoms with Gasteiger partial charge in [-0.3, -0.25) is 0 Å². The van der Waals surface area contributed by atoms with Gasteiger partial charge < -0.3 is 20.5 Å². The normalized spacial score (nSPS) is 29.9. The van der Waals surface area contributed by atoms with Gasteiger partial charge in [-0.05, 0) is 61.3 Å². The van der Waals surface area contributed by atoms with Crippen molar-refractivity contribution in [2.75, 3.05) is 12.3 Å². The highest BCUT2D eigenvalue weighted by Crippen LogP contribution is 2.44.